The van der Waals surface area contributed by atoms with Gasteiger partial charge in [0.25, 0.3) is 0 Å². The van der Waals surface area contributed by atoms with Gasteiger partial charge in [-0.15, -0.1) is 0 Å². The average Bonchev–Trinajstić information content (AvgIpc) is 3.41. The average molecular weight is 546 g/mol. The van der Waals surface area contributed by atoms with Crippen LogP contribution in [-0.4, -0.2) is 44.9 Å². The van der Waals surface area contributed by atoms with Crippen LogP contribution in [0.1, 0.15) is 42.7 Å². The van der Waals surface area contributed by atoms with Crippen LogP contribution in [0.3, 0.4) is 0 Å². The molecule has 2 aliphatic heterocycles. The van der Waals surface area contributed by atoms with E-state index >= 15 is 0 Å². The van der Waals surface area contributed by atoms with Crippen molar-refractivity contribution in [3.8, 4) is 0 Å². The molecule has 0 radical (unpaired) electrons. The number of hydrogen-bond acceptors (Lipinski definition) is 4. The number of piperidine rings is 1. The van der Waals surface area contributed by atoms with E-state index in [1.54, 1.807) is 18.2 Å². The Kier molecular flexibility index (Phi) is 7.38. The monoisotopic (exact) mass is 545 g/mol. The second-order valence-corrected chi connectivity index (χ2v) is 10.8. The molecule has 7 nitrogen and oxygen atoms in total. The van der Waals surface area contributed by atoms with Crippen molar-refractivity contribution in [2.45, 2.75) is 50.7 Å². The fraction of sp³-hybridized carbons (Fsp3) is 0.355. The minimum absolute atomic E-state index is 0.176. The van der Waals surface area contributed by atoms with Gasteiger partial charge in [-0.3, -0.25) is 4.98 Å². The van der Waals surface area contributed by atoms with Crippen molar-refractivity contribution in [1.82, 2.24) is 19.2 Å². The van der Waals surface area contributed by atoms with Gasteiger partial charge < -0.3 is 9.80 Å². The van der Waals surface area contributed by atoms with E-state index in [1.165, 1.54) is 27.6 Å². The molecule has 0 aliphatic carbocycles. The van der Waals surface area contributed by atoms with Gasteiger partial charge in [-0.05, 0) is 79.4 Å². The fourth-order valence-corrected chi connectivity index (χ4v) is 6.33. The Morgan fingerprint density at radius 1 is 0.800 bits per heavy atom. The number of aromatic nitrogens is 3. The summed E-state index contributed by atoms with van der Waals surface area (Å²) in [5.41, 5.74) is 3.15. The third-order valence-electron chi connectivity index (χ3n) is 8.24. The van der Waals surface area contributed by atoms with Crippen molar-refractivity contribution < 1.29 is 8.78 Å². The van der Waals surface area contributed by atoms with Gasteiger partial charge in [-0.25, -0.2) is 27.7 Å². The molecule has 1 N–H and O–H groups in total. The molecule has 208 valence electrons. The lowest BCUT2D eigenvalue weighted by Gasteiger charge is -2.39. The van der Waals surface area contributed by atoms with E-state index in [9.17, 15) is 18.4 Å². The first-order valence-electron chi connectivity index (χ1n) is 14.0. The zero-order chi connectivity index (χ0) is 27.6. The lowest BCUT2D eigenvalue weighted by molar-refractivity contribution is 0.192. The summed E-state index contributed by atoms with van der Waals surface area (Å²) in [7, 11) is 0. The number of nitrogens with one attached hydrogen (secondary N) is 1. The zero-order valence-corrected chi connectivity index (χ0v) is 22.3. The van der Waals surface area contributed by atoms with E-state index in [4.69, 9.17) is 0 Å². The third kappa shape index (κ3) is 5.25. The molecule has 0 bridgehead atoms. The van der Waals surface area contributed by atoms with E-state index in [2.05, 4.69) is 14.8 Å². The highest BCUT2D eigenvalue weighted by molar-refractivity contribution is 5.73. The van der Waals surface area contributed by atoms with Gasteiger partial charge in [0, 0.05) is 43.0 Å². The van der Waals surface area contributed by atoms with Crippen molar-refractivity contribution in [3.63, 3.8) is 0 Å². The predicted octanol–water partition coefficient (Wildman–Crippen LogP) is 4.84. The number of rotatable bonds is 9. The van der Waals surface area contributed by atoms with Crippen molar-refractivity contribution in [2.24, 2.45) is 0 Å². The molecule has 6 rings (SSSR count). The smallest absolute Gasteiger partial charge is 0.337 e. The molecule has 3 aromatic carbocycles. The Balaban J connectivity index is 1.06. The number of aromatic amines is 1. The minimum Gasteiger partial charge on any atom is -0.337 e. The predicted molar refractivity (Wildman–Crippen MR) is 151 cm³/mol. The summed E-state index contributed by atoms with van der Waals surface area (Å²) in [4.78, 5) is 31.8. The number of halogens is 2. The van der Waals surface area contributed by atoms with Gasteiger partial charge in [-0.1, -0.05) is 36.8 Å². The zero-order valence-electron chi connectivity index (χ0n) is 22.3. The largest absolute Gasteiger partial charge is 0.344 e. The van der Waals surface area contributed by atoms with Crippen LogP contribution in [0, 0.1) is 11.6 Å². The molecule has 0 saturated carbocycles. The highest BCUT2D eigenvalue weighted by atomic mass is 19.1. The van der Waals surface area contributed by atoms with Crippen LogP contribution in [-0.2, 0) is 13.1 Å². The Morgan fingerprint density at radius 2 is 1.52 bits per heavy atom. The van der Waals surface area contributed by atoms with E-state index < -0.39 is 0 Å². The first kappa shape index (κ1) is 26.3. The molecule has 9 heteroatoms. The van der Waals surface area contributed by atoms with Gasteiger partial charge in [0.15, 0.2) is 0 Å². The van der Waals surface area contributed by atoms with Crippen LogP contribution in [0.2, 0.25) is 0 Å². The second kappa shape index (κ2) is 11.3. The van der Waals surface area contributed by atoms with Crippen LogP contribution >= 0.6 is 0 Å². The Bertz CT molecular complexity index is 1580. The molecule has 0 amide bonds. The number of unbranched alkanes of at least 4 members (excludes halogenated alkanes) is 2. The van der Waals surface area contributed by atoms with Gasteiger partial charge in [0.1, 0.15) is 11.6 Å². The molecular formula is C31H33F2N5O2. The van der Waals surface area contributed by atoms with Crippen LogP contribution in [0.4, 0.5) is 20.2 Å². The topological polar surface area (TPSA) is 66.3 Å². The van der Waals surface area contributed by atoms with Crippen molar-refractivity contribution in [1.29, 1.82) is 0 Å². The quantitative estimate of drug-likeness (QED) is 0.306. The SMILES string of the molecule is O=c1[nH]c(=O)n(Cc2ccccc2)n1CCCCCN1CC[C@@H]2[C@@H](C1)c1cc(F)ccc1N2c1ccc(F)cc1. The van der Waals surface area contributed by atoms with Crippen LogP contribution in [0.15, 0.2) is 82.4 Å². The number of fused-ring (bicyclic) bond motifs is 3. The fourth-order valence-electron chi connectivity index (χ4n) is 6.33. The van der Waals surface area contributed by atoms with E-state index in [0.717, 1.165) is 67.8 Å². The molecule has 3 heterocycles. The van der Waals surface area contributed by atoms with Gasteiger partial charge in [0.05, 0.1) is 6.54 Å². The third-order valence-corrected chi connectivity index (χ3v) is 8.24. The molecular weight excluding hydrogens is 512 g/mol. The summed E-state index contributed by atoms with van der Waals surface area (Å²) < 4.78 is 30.9. The molecule has 0 spiro atoms. The molecule has 40 heavy (non-hydrogen) atoms. The number of likely N-dealkylation sites (tertiary alicyclic amines) is 1. The molecule has 1 aromatic heterocycles. The number of nitrogens with zero attached hydrogens (tertiary/aromatic N) is 4. The molecule has 1 fully saturated rings. The molecule has 4 aromatic rings. The Morgan fingerprint density at radius 3 is 2.33 bits per heavy atom. The first-order valence-corrected chi connectivity index (χ1v) is 14.0. The van der Waals surface area contributed by atoms with Crippen molar-refractivity contribution in [2.75, 3.05) is 24.5 Å². The normalized spacial score (nSPS) is 18.6. The molecule has 1 saturated heterocycles. The number of hydrogen-bond donors (Lipinski definition) is 1. The highest BCUT2D eigenvalue weighted by Gasteiger charge is 2.42. The van der Waals surface area contributed by atoms with Gasteiger partial charge >= 0.3 is 11.4 Å². The maximum Gasteiger partial charge on any atom is 0.344 e. The van der Waals surface area contributed by atoms with E-state index in [-0.39, 0.29) is 35.0 Å². The maximum atomic E-state index is 14.3. The Hall–Kier alpha value is -3.98. The van der Waals surface area contributed by atoms with E-state index in [0.29, 0.717) is 13.1 Å². The summed E-state index contributed by atoms with van der Waals surface area (Å²) in [6.07, 6.45) is 3.62. The molecule has 2 aliphatic rings. The summed E-state index contributed by atoms with van der Waals surface area (Å²) in [6, 6.07) is 21.4. The lowest BCUT2D eigenvalue weighted by atomic mass is 9.89. The van der Waals surface area contributed by atoms with Crippen LogP contribution in [0.25, 0.3) is 0 Å². The number of benzene rings is 3. The standard InChI is InChI=1S/C31H33F2N5O2/c32-23-9-12-25(13-10-23)38-28-14-11-24(33)19-26(28)27-21-35(18-15-29(27)38)16-5-2-6-17-36-30(39)34-31(40)37(36)20-22-7-3-1-4-8-22/h1,3-4,7-14,19,27,29H,2,5-6,15-18,20-21H2,(H,34,39,40)/t27-,29+/m0/s1. The molecule has 2 atom stereocenters. The van der Waals surface area contributed by atoms with E-state index in [1.807, 2.05) is 36.4 Å². The van der Waals surface area contributed by atoms with Crippen molar-refractivity contribution in [3.05, 3.63) is 117 Å². The summed E-state index contributed by atoms with van der Waals surface area (Å²) in [5.74, 6) is -0.328. The number of anilines is 2. The summed E-state index contributed by atoms with van der Waals surface area (Å²) in [6.45, 7) is 3.53. The van der Waals surface area contributed by atoms with Crippen molar-refractivity contribution >= 4 is 11.4 Å². The lowest BCUT2D eigenvalue weighted by Crippen LogP contribution is -2.45. The molecule has 0 unspecified atom stereocenters. The summed E-state index contributed by atoms with van der Waals surface area (Å²) >= 11 is 0. The van der Waals surface area contributed by atoms with Gasteiger partial charge in [0.2, 0.25) is 0 Å². The first-order chi connectivity index (χ1) is 19.5. The van der Waals surface area contributed by atoms with Crippen LogP contribution < -0.4 is 16.3 Å². The maximum absolute atomic E-state index is 14.3. The highest BCUT2D eigenvalue weighted by Crippen LogP contribution is 2.48. The second-order valence-electron chi connectivity index (χ2n) is 10.8. The minimum atomic E-state index is -0.389. The summed E-state index contributed by atoms with van der Waals surface area (Å²) in [5, 5.41) is 0. The Labute approximate surface area is 231 Å². The van der Waals surface area contributed by atoms with Gasteiger partial charge in [-0.2, -0.15) is 0 Å². The van der Waals surface area contributed by atoms with Crippen LogP contribution in [0.5, 0.6) is 0 Å². The number of H-pyrrole nitrogens is 1.